The summed E-state index contributed by atoms with van der Waals surface area (Å²) in [6.07, 6.45) is 59.2. The van der Waals surface area contributed by atoms with Gasteiger partial charge in [-0.3, -0.25) is 9.59 Å². The van der Waals surface area contributed by atoms with Crippen molar-refractivity contribution in [1.82, 2.24) is 5.32 Å². The van der Waals surface area contributed by atoms with E-state index in [4.69, 9.17) is 14.2 Å². The average Bonchev–Trinajstić information content (AvgIpc) is 3.39. The van der Waals surface area contributed by atoms with Crippen molar-refractivity contribution in [2.75, 3.05) is 13.2 Å². The van der Waals surface area contributed by atoms with E-state index in [1.54, 1.807) is 6.08 Å². The molecular formula is C62H97NO10. The monoisotopic (exact) mass is 1020 g/mol. The molecule has 0 aromatic carbocycles. The van der Waals surface area contributed by atoms with Crippen LogP contribution in [0.4, 0.5) is 0 Å². The van der Waals surface area contributed by atoms with Gasteiger partial charge in [-0.05, 0) is 77.0 Å². The van der Waals surface area contributed by atoms with Gasteiger partial charge in [-0.15, -0.1) is 0 Å². The molecule has 1 heterocycles. The lowest BCUT2D eigenvalue weighted by molar-refractivity contribution is -0.305. The predicted molar refractivity (Wildman–Crippen MR) is 300 cm³/mol. The SMILES string of the molecule is CC/C=C\C/C=C\C/C=C\C/C=C\C/C=C\C/C=C\CCC(=O)OC1C(OCC(NC(=O)C(O)CC/C=C/C=C\C=C/C=C/C=C/CC)C(O)/C=C/CCCCCCCCCCCCC)OC(CO)C(O)C1O. The van der Waals surface area contributed by atoms with Crippen LogP contribution in [-0.2, 0) is 23.8 Å². The van der Waals surface area contributed by atoms with Crippen LogP contribution >= 0.6 is 0 Å². The van der Waals surface area contributed by atoms with Crippen molar-refractivity contribution in [3.05, 3.63) is 146 Å². The van der Waals surface area contributed by atoms with E-state index in [2.05, 4.69) is 92.9 Å². The van der Waals surface area contributed by atoms with Crippen molar-refractivity contribution in [1.29, 1.82) is 0 Å². The molecule has 8 unspecified atom stereocenters. The molecule has 8 atom stereocenters. The molecule has 0 spiro atoms. The van der Waals surface area contributed by atoms with Gasteiger partial charge in [0.25, 0.3) is 0 Å². The zero-order valence-electron chi connectivity index (χ0n) is 44.9. The minimum atomic E-state index is -1.67. The molecule has 0 aromatic rings. The third-order valence-corrected chi connectivity index (χ3v) is 11.9. The second-order valence-electron chi connectivity index (χ2n) is 18.3. The number of hydrogen-bond donors (Lipinski definition) is 6. The quantitative estimate of drug-likeness (QED) is 0.0149. The van der Waals surface area contributed by atoms with Gasteiger partial charge >= 0.3 is 5.97 Å². The first-order valence-electron chi connectivity index (χ1n) is 27.7. The Labute approximate surface area is 441 Å². The summed E-state index contributed by atoms with van der Waals surface area (Å²) < 4.78 is 17.4. The minimum Gasteiger partial charge on any atom is -0.454 e. The van der Waals surface area contributed by atoms with E-state index >= 15 is 0 Å². The van der Waals surface area contributed by atoms with Crippen LogP contribution in [0.25, 0.3) is 0 Å². The number of nitrogens with one attached hydrogen (secondary N) is 1. The number of ether oxygens (including phenoxy) is 3. The van der Waals surface area contributed by atoms with Gasteiger partial charge in [0, 0.05) is 6.42 Å². The summed E-state index contributed by atoms with van der Waals surface area (Å²) in [5, 5.41) is 56.6. The molecule has 1 aliphatic rings. The average molecular weight is 1020 g/mol. The molecule has 0 radical (unpaired) electrons. The Morgan fingerprint density at radius 2 is 1.05 bits per heavy atom. The van der Waals surface area contributed by atoms with Crippen LogP contribution in [0.5, 0.6) is 0 Å². The van der Waals surface area contributed by atoms with Crippen LogP contribution in [0.3, 0.4) is 0 Å². The summed E-state index contributed by atoms with van der Waals surface area (Å²) in [5.41, 5.74) is 0. The lowest BCUT2D eigenvalue weighted by Crippen LogP contribution is -2.61. The summed E-state index contributed by atoms with van der Waals surface area (Å²) >= 11 is 0. The van der Waals surface area contributed by atoms with E-state index in [0.29, 0.717) is 19.3 Å². The molecule has 1 aliphatic heterocycles. The number of rotatable bonds is 43. The maximum Gasteiger partial charge on any atom is 0.306 e. The molecule has 1 saturated heterocycles. The fourth-order valence-electron chi connectivity index (χ4n) is 7.53. The Morgan fingerprint density at radius 3 is 1.59 bits per heavy atom. The number of hydrogen-bond acceptors (Lipinski definition) is 10. The first kappa shape index (κ1) is 66.6. The lowest BCUT2D eigenvalue weighted by atomic mass is 9.99. The summed E-state index contributed by atoms with van der Waals surface area (Å²) in [4.78, 5) is 26.4. The van der Waals surface area contributed by atoms with Gasteiger partial charge in [0.15, 0.2) is 12.4 Å². The van der Waals surface area contributed by atoms with Crippen LogP contribution in [0.2, 0.25) is 0 Å². The molecule has 0 saturated carbocycles. The summed E-state index contributed by atoms with van der Waals surface area (Å²) in [5.74, 6) is -1.38. The van der Waals surface area contributed by atoms with E-state index in [1.165, 1.54) is 51.4 Å². The molecule has 1 rings (SSSR count). The Balaban J connectivity index is 2.84. The topological polar surface area (TPSA) is 175 Å². The normalized spacial score (nSPS) is 20.6. The summed E-state index contributed by atoms with van der Waals surface area (Å²) in [6, 6.07) is -1.09. The number of amides is 1. The van der Waals surface area contributed by atoms with Gasteiger partial charge in [0.05, 0.1) is 25.4 Å². The Kier molecular flexibility index (Phi) is 44.2. The summed E-state index contributed by atoms with van der Waals surface area (Å²) in [7, 11) is 0. The second-order valence-corrected chi connectivity index (χ2v) is 18.3. The van der Waals surface area contributed by atoms with Crippen molar-refractivity contribution in [3.63, 3.8) is 0 Å². The van der Waals surface area contributed by atoms with Crippen molar-refractivity contribution >= 4 is 11.9 Å². The second kappa shape index (κ2) is 48.5. The van der Waals surface area contributed by atoms with Crippen molar-refractivity contribution in [2.45, 2.75) is 217 Å². The first-order chi connectivity index (χ1) is 35.7. The fourth-order valence-corrected chi connectivity index (χ4v) is 7.53. The molecule has 0 aromatic heterocycles. The van der Waals surface area contributed by atoms with Crippen LogP contribution in [-0.4, -0.2) is 99.6 Å². The standard InChI is InChI=1S/C62H97NO10/c1-4-7-10-13-16-19-22-25-26-27-28-29-30-32-35-38-41-44-47-50-57(67)73-60-59(69)58(68)56(51-64)72-62(60)71-52-53(54(65)48-45-42-39-36-34-31-23-20-17-14-11-8-5-2)63-61(70)55(66)49-46-43-40-37-33-24-21-18-15-12-9-6-3/h7,9-10,12,15-16,18-19,21,24-26,28-29,32-33,35,37,40-41,43-45,48,53-56,58-60,62,64-66,68-69H,4-6,8,11,13-14,17,20,22-23,27,30-31,34,36,38-39,42,46-47,49-52H2,1-3H3,(H,63,70)/b10-7-,12-9+,18-15+,19-16-,24-21-,26-25-,29-28-,35-32-,37-33-,43-40+,44-41-,48-45+. The van der Waals surface area contributed by atoms with Gasteiger partial charge in [0.1, 0.15) is 24.4 Å². The highest BCUT2D eigenvalue weighted by molar-refractivity contribution is 5.80. The van der Waals surface area contributed by atoms with Gasteiger partial charge in [-0.25, -0.2) is 0 Å². The summed E-state index contributed by atoms with van der Waals surface area (Å²) in [6.45, 7) is 5.40. The molecule has 0 bridgehead atoms. The van der Waals surface area contributed by atoms with Crippen LogP contribution in [0.1, 0.15) is 168 Å². The first-order valence-corrected chi connectivity index (χ1v) is 27.7. The van der Waals surface area contributed by atoms with Crippen molar-refractivity contribution < 1.29 is 49.3 Å². The number of aliphatic hydroxyl groups is 5. The molecule has 11 nitrogen and oxygen atoms in total. The molecule has 410 valence electrons. The van der Waals surface area contributed by atoms with Gasteiger partial charge < -0.3 is 45.1 Å². The van der Waals surface area contributed by atoms with Gasteiger partial charge in [-0.2, -0.15) is 0 Å². The van der Waals surface area contributed by atoms with Crippen LogP contribution in [0, 0.1) is 0 Å². The Bertz CT molecular complexity index is 1730. The maximum absolute atomic E-state index is 13.3. The fraction of sp³-hybridized carbons (Fsp3) is 0.581. The van der Waals surface area contributed by atoms with Crippen molar-refractivity contribution in [3.8, 4) is 0 Å². The molecule has 73 heavy (non-hydrogen) atoms. The maximum atomic E-state index is 13.3. The molecular weight excluding hydrogens is 919 g/mol. The smallest absolute Gasteiger partial charge is 0.306 e. The number of allylic oxidation sites excluding steroid dienone is 23. The van der Waals surface area contributed by atoms with Gasteiger partial charge in [-0.1, -0.05) is 231 Å². The third-order valence-electron chi connectivity index (χ3n) is 11.9. The van der Waals surface area contributed by atoms with Crippen LogP contribution < -0.4 is 5.32 Å². The molecule has 11 heteroatoms. The number of unbranched alkanes of at least 4 members (excludes halogenated alkanes) is 11. The van der Waals surface area contributed by atoms with Gasteiger partial charge in [0.2, 0.25) is 5.91 Å². The number of esters is 1. The van der Waals surface area contributed by atoms with Crippen LogP contribution in [0.15, 0.2) is 146 Å². The van der Waals surface area contributed by atoms with E-state index < -0.39 is 67.4 Å². The van der Waals surface area contributed by atoms with Crippen molar-refractivity contribution in [2.24, 2.45) is 0 Å². The lowest BCUT2D eigenvalue weighted by Gasteiger charge is -2.41. The highest BCUT2D eigenvalue weighted by atomic mass is 16.7. The Hall–Kier alpha value is -4.46. The highest BCUT2D eigenvalue weighted by Crippen LogP contribution is 2.26. The van der Waals surface area contributed by atoms with E-state index in [9.17, 15) is 35.1 Å². The Morgan fingerprint density at radius 1 is 0.562 bits per heavy atom. The third kappa shape index (κ3) is 37.0. The number of carbonyl (C=O) groups excluding carboxylic acids is 2. The zero-order valence-corrected chi connectivity index (χ0v) is 44.9. The molecule has 1 amide bonds. The van der Waals surface area contributed by atoms with E-state index in [-0.39, 0.29) is 19.4 Å². The predicted octanol–water partition coefficient (Wildman–Crippen LogP) is 12.3. The zero-order chi connectivity index (χ0) is 53.3. The number of carbonyl (C=O) groups is 2. The molecule has 6 N–H and O–H groups in total. The molecule has 0 aliphatic carbocycles. The molecule has 1 fully saturated rings. The minimum absolute atomic E-state index is 0.0197. The highest BCUT2D eigenvalue weighted by Gasteiger charge is 2.47. The van der Waals surface area contributed by atoms with E-state index in [0.717, 1.165) is 64.2 Å². The number of aliphatic hydroxyl groups excluding tert-OH is 5. The largest absolute Gasteiger partial charge is 0.454 e. The van der Waals surface area contributed by atoms with E-state index in [1.807, 2.05) is 72.9 Å².